The SMILES string of the molecule is CS(=O)(=O)N1CCN(C(=O)c2cc(CN)nc(-c3ccn4ccnc4c3)n2)CC1. The summed E-state index contributed by atoms with van der Waals surface area (Å²) in [6.45, 7) is 1.32. The number of aromatic nitrogens is 4. The lowest BCUT2D eigenvalue weighted by Crippen LogP contribution is -2.50. The zero-order chi connectivity index (χ0) is 20.6. The van der Waals surface area contributed by atoms with Crippen LogP contribution in [-0.4, -0.2) is 75.3 Å². The molecule has 2 N–H and O–H groups in total. The molecule has 0 aromatic carbocycles. The molecule has 10 nitrogen and oxygen atoms in total. The fourth-order valence-corrected chi connectivity index (χ4v) is 4.10. The zero-order valence-electron chi connectivity index (χ0n) is 15.9. The normalized spacial score (nSPS) is 15.7. The number of fused-ring (bicyclic) bond motifs is 1. The van der Waals surface area contributed by atoms with Crippen molar-refractivity contribution in [3.05, 3.63) is 48.2 Å². The summed E-state index contributed by atoms with van der Waals surface area (Å²) in [5.74, 6) is 0.134. The monoisotopic (exact) mass is 415 g/mol. The van der Waals surface area contributed by atoms with E-state index in [0.717, 1.165) is 11.2 Å². The third kappa shape index (κ3) is 3.97. The van der Waals surface area contributed by atoms with E-state index in [2.05, 4.69) is 15.0 Å². The predicted molar refractivity (Wildman–Crippen MR) is 106 cm³/mol. The Kier molecular flexibility index (Phi) is 5.03. The molecular formula is C18H21N7O3S. The number of rotatable bonds is 4. The Bertz CT molecular complexity index is 1170. The number of nitrogens with two attached hydrogens (primary N) is 1. The highest BCUT2D eigenvalue weighted by Gasteiger charge is 2.27. The molecule has 4 heterocycles. The molecule has 11 heteroatoms. The third-order valence-corrected chi connectivity index (χ3v) is 6.16. The Morgan fingerprint density at radius 2 is 1.90 bits per heavy atom. The molecule has 1 aliphatic heterocycles. The minimum Gasteiger partial charge on any atom is -0.335 e. The fourth-order valence-electron chi connectivity index (χ4n) is 3.27. The second kappa shape index (κ2) is 7.50. The molecule has 3 aromatic heterocycles. The number of sulfonamides is 1. The molecule has 0 spiro atoms. The van der Waals surface area contributed by atoms with Crippen LogP contribution in [0.2, 0.25) is 0 Å². The molecule has 0 bridgehead atoms. The fraction of sp³-hybridized carbons (Fsp3) is 0.333. The number of nitrogens with zero attached hydrogens (tertiary/aromatic N) is 6. The van der Waals surface area contributed by atoms with Gasteiger partial charge in [-0.25, -0.2) is 23.4 Å². The first-order valence-electron chi connectivity index (χ1n) is 9.10. The van der Waals surface area contributed by atoms with E-state index in [9.17, 15) is 13.2 Å². The zero-order valence-corrected chi connectivity index (χ0v) is 16.7. The van der Waals surface area contributed by atoms with Crippen molar-refractivity contribution in [3.8, 4) is 11.4 Å². The maximum Gasteiger partial charge on any atom is 0.272 e. The Morgan fingerprint density at radius 3 is 2.59 bits per heavy atom. The maximum absolute atomic E-state index is 13.0. The van der Waals surface area contributed by atoms with Gasteiger partial charge in [-0.3, -0.25) is 4.79 Å². The van der Waals surface area contributed by atoms with Crippen LogP contribution >= 0.6 is 0 Å². The lowest BCUT2D eigenvalue weighted by Gasteiger charge is -2.33. The molecule has 3 aromatic rings. The Morgan fingerprint density at radius 1 is 1.14 bits per heavy atom. The van der Waals surface area contributed by atoms with Crippen LogP contribution in [-0.2, 0) is 16.6 Å². The summed E-state index contributed by atoms with van der Waals surface area (Å²) in [5, 5.41) is 0. The predicted octanol–water partition coefficient (Wildman–Crippen LogP) is -0.0326. The van der Waals surface area contributed by atoms with E-state index in [1.807, 2.05) is 28.9 Å². The smallest absolute Gasteiger partial charge is 0.272 e. The molecule has 0 atom stereocenters. The quantitative estimate of drug-likeness (QED) is 0.634. The van der Waals surface area contributed by atoms with Gasteiger partial charge in [0.1, 0.15) is 11.3 Å². The Hall–Kier alpha value is -2.89. The van der Waals surface area contributed by atoms with Crippen LogP contribution in [0.5, 0.6) is 0 Å². The second-order valence-corrected chi connectivity index (χ2v) is 8.82. The van der Waals surface area contributed by atoms with Crippen molar-refractivity contribution in [2.45, 2.75) is 6.54 Å². The first-order valence-corrected chi connectivity index (χ1v) is 11.0. The van der Waals surface area contributed by atoms with Crippen LogP contribution in [0.4, 0.5) is 0 Å². The van der Waals surface area contributed by atoms with Crippen molar-refractivity contribution in [2.75, 3.05) is 32.4 Å². The lowest BCUT2D eigenvalue weighted by atomic mass is 10.2. The molecular weight excluding hydrogens is 394 g/mol. The Balaban J connectivity index is 1.62. The van der Waals surface area contributed by atoms with Gasteiger partial charge in [-0.15, -0.1) is 0 Å². The minimum atomic E-state index is -3.26. The summed E-state index contributed by atoms with van der Waals surface area (Å²) >= 11 is 0. The van der Waals surface area contributed by atoms with E-state index in [-0.39, 0.29) is 31.2 Å². The van der Waals surface area contributed by atoms with Gasteiger partial charge in [-0.2, -0.15) is 4.31 Å². The summed E-state index contributed by atoms with van der Waals surface area (Å²) in [5.41, 5.74) is 8.05. The first kappa shape index (κ1) is 19.4. The third-order valence-electron chi connectivity index (χ3n) is 4.86. The van der Waals surface area contributed by atoms with E-state index >= 15 is 0 Å². The average molecular weight is 415 g/mol. The van der Waals surface area contributed by atoms with Gasteiger partial charge in [0.05, 0.1) is 11.9 Å². The molecule has 1 aliphatic rings. The van der Waals surface area contributed by atoms with Crippen LogP contribution in [0.1, 0.15) is 16.2 Å². The lowest BCUT2D eigenvalue weighted by molar-refractivity contribution is 0.0692. The molecule has 1 amide bonds. The number of pyridine rings is 1. The highest BCUT2D eigenvalue weighted by Crippen LogP contribution is 2.19. The molecule has 152 valence electrons. The minimum absolute atomic E-state index is 0.170. The van der Waals surface area contributed by atoms with E-state index in [1.54, 1.807) is 17.2 Å². The van der Waals surface area contributed by atoms with Gasteiger partial charge in [-0.1, -0.05) is 0 Å². The van der Waals surface area contributed by atoms with Crippen LogP contribution in [0.15, 0.2) is 36.8 Å². The summed E-state index contributed by atoms with van der Waals surface area (Å²) < 4.78 is 26.6. The van der Waals surface area contributed by atoms with Gasteiger partial charge in [0.15, 0.2) is 5.82 Å². The number of hydrogen-bond donors (Lipinski definition) is 1. The van der Waals surface area contributed by atoms with Crippen LogP contribution < -0.4 is 5.73 Å². The van der Waals surface area contributed by atoms with Crippen molar-refractivity contribution < 1.29 is 13.2 Å². The Labute approximate surface area is 168 Å². The summed E-state index contributed by atoms with van der Waals surface area (Å²) in [7, 11) is -3.26. The summed E-state index contributed by atoms with van der Waals surface area (Å²) in [6.07, 6.45) is 6.55. The van der Waals surface area contributed by atoms with Gasteiger partial charge in [0, 0.05) is 56.9 Å². The summed E-state index contributed by atoms with van der Waals surface area (Å²) in [6, 6.07) is 5.28. The number of carbonyl (C=O) groups excluding carboxylic acids is 1. The van der Waals surface area contributed by atoms with E-state index < -0.39 is 10.0 Å². The van der Waals surface area contributed by atoms with Crippen LogP contribution in [0, 0.1) is 0 Å². The molecule has 0 unspecified atom stereocenters. The van der Waals surface area contributed by atoms with Gasteiger partial charge in [0.25, 0.3) is 5.91 Å². The van der Waals surface area contributed by atoms with Crippen LogP contribution in [0.3, 0.4) is 0 Å². The molecule has 29 heavy (non-hydrogen) atoms. The average Bonchev–Trinajstić information content (AvgIpc) is 3.20. The number of hydrogen-bond acceptors (Lipinski definition) is 7. The van der Waals surface area contributed by atoms with Gasteiger partial charge in [0.2, 0.25) is 10.0 Å². The maximum atomic E-state index is 13.0. The van der Waals surface area contributed by atoms with Crippen molar-refractivity contribution in [1.29, 1.82) is 0 Å². The number of imidazole rings is 1. The molecule has 1 fully saturated rings. The van der Waals surface area contributed by atoms with Crippen molar-refractivity contribution in [3.63, 3.8) is 0 Å². The number of piperazine rings is 1. The molecule has 0 saturated carbocycles. The second-order valence-electron chi connectivity index (χ2n) is 6.83. The molecule has 0 radical (unpaired) electrons. The highest BCUT2D eigenvalue weighted by atomic mass is 32.2. The largest absolute Gasteiger partial charge is 0.335 e. The topological polar surface area (TPSA) is 127 Å². The number of carbonyl (C=O) groups is 1. The summed E-state index contributed by atoms with van der Waals surface area (Å²) in [4.78, 5) is 27.8. The van der Waals surface area contributed by atoms with Crippen molar-refractivity contribution in [1.82, 2.24) is 28.6 Å². The van der Waals surface area contributed by atoms with Gasteiger partial charge < -0.3 is 15.0 Å². The van der Waals surface area contributed by atoms with Crippen molar-refractivity contribution >= 4 is 21.6 Å². The first-order chi connectivity index (χ1) is 13.8. The van der Waals surface area contributed by atoms with E-state index in [4.69, 9.17) is 5.73 Å². The van der Waals surface area contributed by atoms with E-state index in [0.29, 0.717) is 24.6 Å². The molecule has 0 aliphatic carbocycles. The highest BCUT2D eigenvalue weighted by molar-refractivity contribution is 7.88. The van der Waals surface area contributed by atoms with Crippen molar-refractivity contribution in [2.24, 2.45) is 5.73 Å². The molecule has 1 saturated heterocycles. The standard InChI is InChI=1S/C18H21N7O3S/c1-29(27,28)25-8-6-24(7-9-25)18(26)15-11-14(12-19)21-17(22-15)13-2-4-23-5-3-20-16(23)10-13/h2-5,10-11H,6-9,12,19H2,1H3. The van der Waals surface area contributed by atoms with Gasteiger partial charge >= 0.3 is 0 Å². The van der Waals surface area contributed by atoms with Gasteiger partial charge in [-0.05, 0) is 18.2 Å². The van der Waals surface area contributed by atoms with Crippen LogP contribution in [0.25, 0.3) is 17.0 Å². The number of amides is 1. The molecule has 4 rings (SSSR count). The van der Waals surface area contributed by atoms with E-state index in [1.165, 1.54) is 10.6 Å².